The van der Waals surface area contributed by atoms with Crippen LogP contribution in [0.25, 0.3) is 0 Å². The van der Waals surface area contributed by atoms with Crippen molar-refractivity contribution in [1.29, 1.82) is 0 Å². The van der Waals surface area contributed by atoms with Crippen LogP contribution in [0.5, 0.6) is 0 Å². The summed E-state index contributed by atoms with van der Waals surface area (Å²) in [7, 11) is 3.38. The van der Waals surface area contributed by atoms with Gasteiger partial charge in [-0.25, -0.2) is 0 Å². The zero-order valence-electron chi connectivity index (χ0n) is 9.95. The third-order valence-corrected chi connectivity index (χ3v) is 3.22. The lowest BCUT2D eigenvalue weighted by Gasteiger charge is -2.33. The number of hydrogen-bond donors (Lipinski definition) is 1. The first-order chi connectivity index (χ1) is 7.30. The van der Waals surface area contributed by atoms with E-state index in [0.717, 1.165) is 32.1 Å². The van der Waals surface area contributed by atoms with Crippen LogP contribution in [-0.2, 0) is 9.47 Å². The first-order valence-electron chi connectivity index (χ1n) is 5.78. The van der Waals surface area contributed by atoms with E-state index >= 15 is 0 Å². The van der Waals surface area contributed by atoms with Gasteiger partial charge in [0.15, 0.2) is 6.29 Å². The third-order valence-electron chi connectivity index (χ3n) is 3.22. The Kier molecular flexibility index (Phi) is 6.17. The lowest BCUT2D eigenvalue weighted by Crippen LogP contribution is -2.40. The van der Waals surface area contributed by atoms with Gasteiger partial charge < -0.3 is 15.2 Å². The fourth-order valence-corrected chi connectivity index (χ4v) is 2.15. The number of piperidine rings is 1. The minimum Gasteiger partial charge on any atom is -0.355 e. The van der Waals surface area contributed by atoms with Gasteiger partial charge in [0.25, 0.3) is 0 Å². The van der Waals surface area contributed by atoms with Gasteiger partial charge in [-0.3, -0.25) is 4.90 Å². The van der Waals surface area contributed by atoms with Crippen LogP contribution in [-0.4, -0.2) is 51.6 Å². The van der Waals surface area contributed by atoms with Crippen molar-refractivity contribution in [2.24, 2.45) is 11.7 Å². The number of nitrogens with zero attached hydrogens (tertiary/aromatic N) is 1. The van der Waals surface area contributed by atoms with E-state index in [9.17, 15) is 0 Å². The van der Waals surface area contributed by atoms with Crippen LogP contribution in [0.2, 0.25) is 0 Å². The lowest BCUT2D eigenvalue weighted by atomic mass is 9.94. The summed E-state index contributed by atoms with van der Waals surface area (Å²) in [6.07, 6.45) is 3.61. The van der Waals surface area contributed by atoms with Crippen LogP contribution < -0.4 is 5.73 Å². The van der Waals surface area contributed by atoms with E-state index in [1.807, 2.05) is 0 Å². The summed E-state index contributed by atoms with van der Waals surface area (Å²) in [6.45, 7) is 3.99. The lowest BCUT2D eigenvalue weighted by molar-refractivity contribution is -0.118. The summed E-state index contributed by atoms with van der Waals surface area (Å²) < 4.78 is 10.4. The van der Waals surface area contributed by atoms with Gasteiger partial charge in [0.2, 0.25) is 0 Å². The maximum Gasteiger partial charge on any atom is 0.169 e. The van der Waals surface area contributed by atoms with Crippen LogP contribution in [0.3, 0.4) is 0 Å². The molecule has 0 aromatic carbocycles. The Bertz CT molecular complexity index is 155. The fourth-order valence-electron chi connectivity index (χ4n) is 2.15. The molecule has 1 heterocycles. The Morgan fingerprint density at radius 1 is 1.27 bits per heavy atom. The molecule has 1 rings (SSSR count). The highest BCUT2D eigenvalue weighted by molar-refractivity contribution is 4.73. The number of rotatable bonds is 6. The molecule has 0 aromatic rings. The Morgan fingerprint density at radius 3 is 2.33 bits per heavy atom. The largest absolute Gasteiger partial charge is 0.355 e. The smallest absolute Gasteiger partial charge is 0.169 e. The standard InChI is InChI=1S/C11H24N2O2/c1-14-11(15-2)9-13-7-4-10(3-6-12)5-8-13/h10-11H,3-9,12H2,1-2H3. The molecule has 0 saturated carbocycles. The highest BCUT2D eigenvalue weighted by Gasteiger charge is 2.20. The second-order valence-corrected chi connectivity index (χ2v) is 4.22. The van der Waals surface area contributed by atoms with Crippen molar-refractivity contribution in [1.82, 2.24) is 4.90 Å². The molecule has 0 bridgehead atoms. The maximum atomic E-state index is 5.56. The molecular weight excluding hydrogens is 192 g/mol. The molecule has 90 valence electrons. The van der Waals surface area contributed by atoms with Crippen LogP contribution in [0, 0.1) is 5.92 Å². The molecule has 0 aromatic heterocycles. The van der Waals surface area contributed by atoms with Crippen LogP contribution in [0.15, 0.2) is 0 Å². The molecule has 0 amide bonds. The maximum absolute atomic E-state index is 5.56. The minimum atomic E-state index is -0.0870. The molecule has 1 aliphatic heterocycles. The van der Waals surface area contributed by atoms with Crippen molar-refractivity contribution in [3.05, 3.63) is 0 Å². The minimum absolute atomic E-state index is 0.0870. The molecule has 0 atom stereocenters. The summed E-state index contributed by atoms with van der Waals surface area (Å²) in [5, 5.41) is 0. The molecule has 0 spiro atoms. The second-order valence-electron chi connectivity index (χ2n) is 4.22. The van der Waals surface area contributed by atoms with E-state index in [1.54, 1.807) is 14.2 Å². The zero-order valence-corrected chi connectivity index (χ0v) is 9.95. The highest BCUT2D eigenvalue weighted by Crippen LogP contribution is 2.19. The Labute approximate surface area is 92.7 Å². The molecule has 0 radical (unpaired) electrons. The Morgan fingerprint density at radius 2 is 1.87 bits per heavy atom. The van der Waals surface area contributed by atoms with Crippen LogP contribution >= 0.6 is 0 Å². The Hall–Kier alpha value is -0.160. The van der Waals surface area contributed by atoms with Crippen molar-refractivity contribution in [3.8, 4) is 0 Å². The molecule has 1 fully saturated rings. The topological polar surface area (TPSA) is 47.7 Å². The number of likely N-dealkylation sites (tertiary alicyclic amines) is 1. The van der Waals surface area contributed by atoms with Crippen LogP contribution in [0.4, 0.5) is 0 Å². The summed E-state index contributed by atoms with van der Waals surface area (Å²) in [6, 6.07) is 0. The quantitative estimate of drug-likeness (QED) is 0.663. The average molecular weight is 216 g/mol. The number of methoxy groups -OCH3 is 2. The normalized spacial score (nSPS) is 20.0. The van der Waals surface area contributed by atoms with Gasteiger partial charge in [0, 0.05) is 20.8 Å². The van der Waals surface area contributed by atoms with Crippen molar-refractivity contribution in [2.45, 2.75) is 25.6 Å². The Balaban J connectivity index is 2.19. The molecule has 4 nitrogen and oxygen atoms in total. The van der Waals surface area contributed by atoms with E-state index in [2.05, 4.69) is 4.90 Å². The van der Waals surface area contributed by atoms with Crippen LogP contribution in [0.1, 0.15) is 19.3 Å². The predicted octanol–water partition coefficient (Wildman–Crippen LogP) is 0.666. The molecule has 4 heteroatoms. The van der Waals surface area contributed by atoms with Gasteiger partial charge in [0.1, 0.15) is 0 Å². The van der Waals surface area contributed by atoms with Crippen molar-refractivity contribution in [3.63, 3.8) is 0 Å². The fraction of sp³-hybridized carbons (Fsp3) is 1.00. The average Bonchev–Trinajstić information content (AvgIpc) is 2.28. The molecule has 0 aliphatic carbocycles. The monoisotopic (exact) mass is 216 g/mol. The first-order valence-corrected chi connectivity index (χ1v) is 5.78. The summed E-state index contributed by atoms with van der Waals surface area (Å²) >= 11 is 0. The summed E-state index contributed by atoms with van der Waals surface area (Å²) in [5.74, 6) is 0.829. The molecule has 1 aliphatic rings. The molecule has 2 N–H and O–H groups in total. The van der Waals surface area contributed by atoms with Gasteiger partial charge in [-0.05, 0) is 44.8 Å². The summed E-state index contributed by atoms with van der Waals surface area (Å²) in [4.78, 5) is 2.41. The molecule has 0 unspecified atom stereocenters. The van der Waals surface area contributed by atoms with E-state index in [0.29, 0.717) is 0 Å². The van der Waals surface area contributed by atoms with Gasteiger partial charge in [-0.15, -0.1) is 0 Å². The number of ether oxygens (including phenoxy) is 2. The zero-order chi connectivity index (χ0) is 11.1. The first kappa shape index (κ1) is 12.9. The third kappa shape index (κ3) is 4.47. The van der Waals surface area contributed by atoms with Gasteiger partial charge in [0.05, 0.1) is 0 Å². The van der Waals surface area contributed by atoms with Crippen molar-refractivity contribution in [2.75, 3.05) is 40.4 Å². The van der Waals surface area contributed by atoms with Crippen molar-refractivity contribution >= 4 is 0 Å². The molecular formula is C11H24N2O2. The molecule has 1 saturated heterocycles. The van der Waals surface area contributed by atoms with Gasteiger partial charge >= 0.3 is 0 Å². The number of nitrogens with two attached hydrogens (primary N) is 1. The van der Waals surface area contributed by atoms with E-state index in [4.69, 9.17) is 15.2 Å². The highest BCUT2D eigenvalue weighted by atomic mass is 16.7. The molecule has 15 heavy (non-hydrogen) atoms. The SMILES string of the molecule is COC(CN1CCC(CCN)CC1)OC. The van der Waals surface area contributed by atoms with E-state index < -0.39 is 0 Å². The number of hydrogen-bond acceptors (Lipinski definition) is 4. The van der Waals surface area contributed by atoms with Crippen molar-refractivity contribution < 1.29 is 9.47 Å². The second kappa shape index (κ2) is 7.17. The van der Waals surface area contributed by atoms with Gasteiger partial charge in [-0.2, -0.15) is 0 Å². The van der Waals surface area contributed by atoms with E-state index in [1.165, 1.54) is 19.3 Å². The summed E-state index contributed by atoms with van der Waals surface area (Å²) in [5.41, 5.74) is 5.56. The predicted molar refractivity (Wildman–Crippen MR) is 60.6 cm³/mol. The van der Waals surface area contributed by atoms with E-state index in [-0.39, 0.29) is 6.29 Å². The van der Waals surface area contributed by atoms with Gasteiger partial charge in [-0.1, -0.05) is 0 Å².